The molecular formula is C16H20ClN3O2. The highest BCUT2D eigenvalue weighted by atomic mass is 35.5. The van der Waals surface area contributed by atoms with Crippen LogP contribution in [0.25, 0.3) is 11.4 Å². The van der Waals surface area contributed by atoms with Crippen LogP contribution >= 0.6 is 11.6 Å². The van der Waals surface area contributed by atoms with E-state index in [2.05, 4.69) is 10.1 Å². The van der Waals surface area contributed by atoms with Gasteiger partial charge in [-0.25, -0.2) is 0 Å². The molecule has 0 aliphatic rings. The molecule has 2 aromatic rings. The molecule has 0 atom stereocenters. The van der Waals surface area contributed by atoms with E-state index in [1.165, 1.54) is 0 Å². The minimum atomic E-state index is -0.435. The molecule has 5 nitrogen and oxygen atoms in total. The maximum atomic E-state index is 12.3. The largest absolute Gasteiger partial charge is 0.337 e. The number of halogens is 1. The van der Waals surface area contributed by atoms with Crippen molar-refractivity contribution in [3.8, 4) is 11.4 Å². The van der Waals surface area contributed by atoms with Gasteiger partial charge in [0, 0.05) is 22.5 Å². The van der Waals surface area contributed by atoms with Crippen LogP contribution in [0.15, 0.2) is 28.8 Å². The van der Waals surface area contributed by atoms with E-state index >= 15 is 0 Å². The van der Waals surface area contributed by atoms with Crippen molar-refractivity contribution >= 4 is 17.5 Å². The molecule has 0 aliphatic carbocycles. The Morgan fingerprint density at radius 1 is 1.27 bits per heavy atom. The van der Waals surface area contributed by atoms with Crippen molar-refractivity contribution in [1.82, 2.24) is 15.0 Å². The van der Waals surface area contributed by atoms with Crippen LogP contribution in [0.4, 0.5) is 0 Å². The average Bonchev–Trinajstić information content (AvgIpc) is 2.92. The summed E-state index contributed by atoms with van der Waals surface area (Å²) in [7, 11) is 0. The second-order valence-corrected chi connectivity index (χ2v) is 6.52. The van der Waals surface area contributed by atoms with E-state index in [0.717, 1.165) is 5.56 Å². The van der Waals surface area contributed by atoms with E-state index in [1.54, 1.807) is 17.0 Å². The smallest absolute Gasteiger partial charge is 0.246 e. The van der Waals surface area contributed by atoms with Crippen LogP contribution in [0, 0.1) is 5.41 Å². The Bertz CT molecular complexity index is 644. The van der Waals surface area contributed by atoms with E-state index in [0.29, 0.717) is 29.8 Å². The lowest BCUT2D eigenvalue weighted by atomic mass is 9.95. The summed E-state index contributed by atoms with van der Waals surface area (Å²) in [6.07, 6.45) is 0. The van der Waals surface area contributed by atoms with Gasteiger partial charge in [0.1, 0.15) is 0 Å². The Hall–Kier alpha value is -1.88. The van der Waals surface area contributed by atoms with Gasteiger partial charge in [-0.2, -0.15) is 4.98 Å². The third-order valence-corrected chi connectivity index (χ3v) is 3.46. The Kier molecular flexibility index (Phi) is 4.86. The lowest BCUT2D eigenvalue weighted by molar-refractivity contribution is -0.140. The summed E-state index contributed by atoms with van der Waals surface area (Å²) in [4.78, 5) is 18.4. The molecule has 22 heavy (non-hydrogen) atoms. The van der Waals surface area contributed by atoms with Crippen molar-refractivity contribution in [2.24, 2.45) is 5.41 Å². The molecule has 1 heterocycles. The summed E-state index contributed by atoms with van der Waals surface area (Å²) in [5.41, 5.74) is 0.388. The highest BCUT2D eigenvalue weighted by molar-refractivity contribution is 6.30. The van der Waals surface area contributed by atoms with Crippen molar-refractivity contribution in [3.63, 3.8) is 0 Å². The molecule has 2 rings (SSSR count). The van der Waals surface area contributed by atoms with Crippen LogP contribution in [-0.4, -0.2) is 27.5 Å². The predicted octanol–water partition coefficient (Wildman–Crippen LogP) is 3.78. The van der Waals surface area contributed by atoms with Gasteiger partial charge in [0.15, 0.2) is 0 Å². The number of hydrogen-bond donors (Lipinski definition) is 0. The van der Waals surface area contributed by atoms with E-state index in [4.69, 9.17) is 16.1 Å². The maximum Gasteiger partial charge on any atom is 0.246 e. The predicted molar refractivity (Wildman–Crippen MR) is 85.3 cm³/mol. The van der Waals surface area contributed by atoms with Gasteiger partial charge in [0.2, 0.25) is 17.6 Å². The molecule has 0 aliphatic heterocycles. The van der Waals surface area contributed by atoms with Gasteiger partial charge in [-0.15, -0.1) is 0 Å². The first-order valence-corrected chi connectivity index (χ1v) is 7.57. The SMILES string of the molecule is CCN(Cc1nc(-c2ccc(Cl)cc2)no1)C(=O)C(C)(C)C. The van der Waals surface area contributed by atoms with E-state index in [1.807, 2.05) is 39.8 Å². The summed E-state index contributed by atoms with van der Waals surface area (Å²) in [6, 6.07) is 7.20. The summed E-state index contributed by atoms with van der Waals surface area (Å²) in [5, 5.41) is 4.61. The molecule has 0 saturated heterocycles. The molecule has 0 saturated carbocycles. The zero-order valence-electron chi connectivity index (χ0n) is 13.3. The van der Waals surface area contributed by atoms with Crippen LogP contribution < -0.4 is 0 Å². The molecule has 0 fully saturated rings. The maximum absolute atomic E-state index is 12.3. The molecule has 0 unspecified atom stereocenters. The second-order valence-electron chi connectivity index (χ2n) is 6.09. The number of benzene rings is 1. The number of carbonyl (C=O) groups is 1. The molecule has 118 valence electrons. The van der Waals surface area contributed by atoms with Gasteiger partial charge in [-0.3, -0.25) is 4.79 Å². The summed E-state index contributed by atoms with van der Waals surface area (Å²) in [5.74, 6) is 0.969. The zero-order chi connectivity index (χ0) is 16.3. The van der Waals surface area contributed by atoms with Crippen molar-refractivity contribution in [2.45, 2.75) is 34.2 Å². The van der Waals surface area contributed by atoms with Gasteiger partial charge >= 0.3 is 0 Å². The molecule has 0 N–H and O–H groups in total. The number of rotatable bonds is 4. The van der Waals surface area contributed by atoms with Gasteiger partial charge in [-0.05, 0) is 31.2 Å². The first kappa shape index (κ1) is 16.5. The summed E-state index contributed by atoms with van der Waals surface area (Å²) in [6.45, 7) is 8.52. The number of carbonyl (C=O) groups excluding carboxylic acids is 1. The fourth-order valence-corrected chi connectivity index (χ4v) is 2.13. The Balaban J connectivity index is 2.14. The monoisotopic (exact) mass is 321 g/mol. The molecular weight excluding hydrogens is 302 g/mol. The van der Waals surface area contributed by atoms with E-state index in [9.17, 15) is 4.79 Å². The van der Waals surface area contributed by atoms with Crippen molar-refractivity contribution in [2.75, 3.05) is 6.54 Å². The Morgan fingerprint density at radius 3 is 2.45 bits per heavy atom. The molecule has 1 aromatic carbocycles. The molecule has 0 bridgehead atoms. The first-order chi connectivity index (χ1) is 10.3. The summed E-state index contributed by atoms with van der Waals surface area (Å²) >= 11 is 5.86. The van der Waals surface area contributed by atoms with E-state index < -0.39 is 5.41 Å². The normalized spacial score (nSPS) is 11.5. The van der Waals surface area contributed by atoms with Gasteiger partial charge in [-0.1, -0.05) is 37.5 Å². The van der Waals surface area contributed by atoms with Crippen molar-refractivity contribution in [1.29, 1.82) is 0 Å². The number of amides is 1. The third kappa shape index (κ3) is 3.85. The average molecular weight is 322 g/mol. The fourth-order valence-electron chi connectivity index (χ4n) is 2.00. The number of nitrogens with zero attached hydrogens (tertiary/aromatic N) is 3. The van der Waals surface area contributed by atoms with Gasteiger partial charge < -0.3 is 9.42 Å². The first-order valence-electron chi connectivity index (χ1n) is 7.19. The quantitative estimate of drug-likeness (QED) is 0.859. The van der Waals surface area contributed by atoms with Crippen molar-refractivity contribution < 1.29 is 9.32 Å². The van der Waals surface area contributed by atoms with Crippen LogP contribution in [0.3, 0.4) is 0 Å². The molecule has 6 heteroatoms. The zero-order valence-corrected chi connectivity index (χ0v) is 14.0. The highest BCUT2D eigenvalue weighted by Gasteiger charge is 2.27. The lowest BCUT2D eigenvalue weighted by Gasteiger charge is -2.27. The minimum absolute atomic E-state index is 0.0567. The lowest BCUT2D eigenvalue weighted by Crippen LogP contribution is -2.38. The van der Waals surface area contributed by atoms with Crippen LogP contribution in [0.1, 0.15) is 33.6 Å². The van der Waals surface area contributed by atoms with Crippen LogP contribution in [-0.2, 0) is 11.3 Å². The molecule has 1 amide bonds. The third-order valence-electron chi connectivity index (χ3n) is 3.21. The van der Waals surface area contributed by atoms with E-state index in [-0.39, 0.29) is 5.91 Å². The standard InChI is InChI=1S/C16H20ClN3O2/c1-5-20(15(21)16(2,3)4)10-13-18-14(19-22-13)11-6-8-12(17)9-7-11/h6-9H,5,10H2,1-4H3. The summed E-state index contributed by atoms with van der Waals surface area (Å²) < 4.78 is 5.26. The number of hydrogen-bond acceptors (Lipinski definition) is 4. The van der Waals surface area contributed by atoms with Gasteiger partial charge in [0.05, 0.1) is 6.54 Å². The topological polar surface area (TPSA) is 59.2 Å². The highest BCUT2D eigenvalue weighted by Crippen LogP contribution is 2.21. The fraction of sp³-hybridized carbons (Fsp3) is 0.438. The molecule has 0 radical (unpaired) electrons. The molecule has 0 spiro atoms. The van der Waals surface area contributed by atoms with Crippen LogP contribution in [0.5, 0.6) is 0 Å². The van der Waals surface area contributed by atoms with Crippen LogP contribution in [0.2, 0.25) is 5.02 Å². The van der Waals surface area contributed by atoms with Gasteiger partial charge in [0.25, 0.3) is 0 Å². The Morgan fingerprint density at radius 2 is 1.91 bits per heavy atom. The Labute approximate surface area is 135 Å². The van der Waals surface area contributed by atoms with Crippen molar-refractivity contribution in [3.05, 3.63) is 35.2 Å². The minimum Gasteiger partial charge on any atom is -0.337 e. The number of aromatic nitrogens is 2. The second kappa shape index (κ2) is 6.48. The molecule has 1 aromatic heterocycles.